The number of halogens is 1. The molecule has 0 amide bonds. The average molecular weight is 220 g/mol. The first-order chi connectivity index (χ1) is 7.77. The van der Waals surface area contributed by atoms with Crippen molar-refractivity contribution in [2.24, 2.45) is 0 Å². The van der Waals surface area contributed by atoms with Crippen LogP contribution in [0.15, 0.2) is 41.1 Å². The Balaban J connectivity index is 1.95. The molecule has 0 aromatic carbocycles. The lowest BCUT2D eigenvalue weighted by molar-refractivity contribution is 0.425. The minimum atomic E-state index is -0.290. The molecular weight excluding hydrogens is 207 g/mol. The van der Waals surface area contributed by atoms with Gasteiger partial charge in [0.05, 0.1) is 18.0 Å². The van der Waals surface area contributed by atoms with Crippen LogP contribution >= 0.6 is 0 Å². The van der Waals surface area contributed by atoms with Crippen LogP contribution in [0.2, 0.25) is 0 Å². The molecule has 0 fully saturated rings. The molecule has 2 rings (SSSR count). The van der Waals surface area contributed by atoms with Gasteiger partial charge in [-0.2, -0.15) is 0 Å². The van der Waals surface area contributed by atoms with E-state index in [1.807, 2.05) is 19.1 Å². The standard InChI is InChI=1S/C12H13FN2O/c1-9(12-5-3-7-16-12)15-8-11-10(13)4-2-6-14-11/h2-7,9,15H,8H2,1H3. The fourth-order valence-corrected chi connectivity index (χ4v) is 1.44. The van der Waals surface area contributed by atoms with E-state index in [4.69, 9.17) is 4.42 Å². The fraction of sp³-hybridized carbons (Fsp3) is 0.250. The smallest absolute Gasteiger partial charge is 0.146 e. The summed E-state index contributed by atoms with van der Waals surface area (Å²) >= 11 is 0. The summed E-state index contributed by atoms with van der Waals surface area (Å²) in [7, 11) is 0. The Kier molecular flexibility index (Phi) is 3.31. The van der Waals surface area contributed by atoms with E-state index in [0.29, 0.717) is 12.2 Å². The number of hydrogen-bond acceptors (Lipinski definition) is 3. The monoisotopic (exact) mass is 220 g/mol. The van der Waals surface area contributed by atoms with E-state index in [-0.39, 0.29) is 11.9 Å². The van der Waals surface area contributed by atoms with Gasteiger partial charge in [-0.25, -0.2) is 4.39 Å². The normalized spacial score (nSPS) is 12.6. The van der Waals surface area contributed by atoms with Gasteiger partial charge in [0.15, 0.2) is 0 Å². The Hall–Kier alpha value is -1.68. The van der Waals surface area contributed by atoms with Gasteiger partial charge in [-0.3, -0.25) is 4.98 Å². The molecule has 2 aromatic rings. The first-order valence-corrected chi connectivity index (χ1v) is 5.13. The molecule has 1 unspecified atom stereocenters. The van der Waals surface area contributed by atoms with E-state index in [9.17, 15) is 4.39 Å². The first kappa shape index (κ1) is 10.8. The summed E-state index contributed by atoms with van der Waals surface area (Å²) in [6.45, 7) is 2.34. The zero-order chi connectivity index (χ0) is 11.4. The summed E-state index contributed by atoms with van der Waals surface area (Å²) < 4.78 is 18.5. The topological polar surface area (TPSA) is 38.1 Å². The Bertz CT molecular complexity index is 442. The number of pyridine rings is 1. The highest BCUT2D eigenvalue weighted by molar-refractivity contribution is 5.08. The van der Waals surface area contributed by atoms with Crippen LogP contribution in [-0.2, 0) is 6.54 Å². The number of nitrogens with zero attached hydrogens (tertiary/aromatic N) is 1. The zero-order valence-corrected chi connectivity index (χ0v) is 8.98. The van der Waals surface area contributed by atoms with Crippen molar-refractivity contribution in [1.29, 1.82) is 0 Å². The minimum absolute atomic E-state index is 0.0383. The molecule has 0 radical (unpaired) electrons. The van der Waals surface area contributed by atoms with Gasteiger partial charge in [0, 0.05) is 12.7 Å². The van der Waals surface area contributed by atoms with E-state index >= 15 is 0 Å². The van der Waals surface area contributed by atoms with Gasteiger partial charge in [-0.15, -0.1) is 0 Å². The van der Waals surface area contributed by atoms with Crippen LogP contribution in [0.1, 0.15) is 24.4 Å². The molecule has 0 saturated heterocycles. The lowest BCUT2D eigenvalue weighted by Crippen LogP contribution is -2.19. The van der Waals surface area contributed by atoms with Gasteiger partial charge in [-0.1, -0.05) is 0 Å². The Morgan fingerprint density at radius 2 is 2.31 bits per heavy atom. The molecule has 1 N–H and O–H groups in total. The second kappa shape index (κ2) is 4.90. The lowest BCUT2D eigenvalue weighted by Gasteiger charge is -2.10. The molecule has 0 aliphatic heterocycles. The Labute approximate surface area is 93.3 Å². The van der Waals surface area contributed by atoms with Crippen LogP contribution in [-0.4, -0.2) is 4.98 Å². The molecule has 84 valence electrons. The number of furan rings is 1. The summed E-state index contributed by atoms with van der Waals surface area (Å²) in [5.74, 6) is 0.540. The maximum absolute atomic E-state index is 13.3. The Morgan fingerprint density at radius 1 is 1.44 bits per heavy atom. The number of nitrogens with one attached hydrogen (secondary N) is 1. The molecule has 2 heterocycles. The number of rotatable bonds is 4. The molecule has 0 bridgehead atoms. The van der Waals surface area contributed by atoms with Crippen LogP contribution in [0.25, 0.3) is 0 Å². The van der Waals surface area contributed by atoms with Gasteiger partial charge in [0.2, 0.25) is 0 Å². The molecule has 2 aromatic heterocycles. The van der Waals surface area contributed by atoms with Crippen molar-refractivity contribution in [1.82, 2.24) is 10.3 Å². The van der Waals surface area contributed by atoms with E-state index in [0.717, 1.165) is 5.76 Å². The molecule has 0 saturated carbocycles. The van der Waals surface area contributed by atoms with Crippen molar-refractivity contribution in [3.8, 4) is 0 Å². The summed E-state index contributed by atoms with van der Waals surface area (Å²) in [6.07, 6.45) is 3.20. The van der Waals surface area contributed by atoms with E-state index < -0.39 is 0 Å². The molecule has 4 heteroatoms. The highest BCUT2D eigenvalue weighted by Gasteiger charge is 2.09. The average Bonchev–Trinajstić information content (AvgIpc) is 2.81. The van der Waals surface area contributed by atoms with Crippen molar-refractivity contribution < 1.29 is 8.81 Å². The quantitative estimate of drug-likeness (QED) is 0.860. The first-order valence-electron chi connectivity index (χ1n) is 5.13. The van der Waals surface area contributed by atoms with Gasteiger partial charge in [-0.05, 0) is 31.2 Å². The second-order valence-electron chi connectivity index (χ2n) is 3.55. The highest BCUT2D eigenvalue weighted by atomic mass is 19.1. The summed E-state index contributed by atoms with van der Waals surface area (Å²) in [4.78, 5) is 3.96. The van der Waals surface area contributed by atoms with Crippen LogP contribution in [0.5, 0.6) is 0 Å². The van der Waals surface area contributed by atoms with Crippen LogP contribution < -0.4 is 5.32 Å². The third-order valence-electron chi connectivity index (χ3n) is 2.38. The predicted molar refractivity (Wildman–Crippen MR) is 58.2 cm³/mol. The number of aromatic nitrogens is 1. The van der Waals surface area contributed by atoms with Crippen molar-refractivity contribution >= 4 is 0 Å². The summed E-state index contributed by atoms with van der Waals surface area (Å²) in [5.41, 5.74) is 0.418. The summed E-state index contributed by atoms with van der Waals surface area (Å²) in [5, 5.41) is 3.15. The van der Waals surface area contributed by atoms with Gasteiger partial charge in [0.1, 0.15) is 11.6 Å². The molecule has 0 aliphatic carbocycles. The molecule has 0 spiro atoms. The van der Waals surface area contributed by atoms with Crippen LogP contribution in [0.4, 0.5) is 4.39 Å². The predicted octanol–water partition coefficient (Wildman–Crippen LogP) is 2.66. The highest BCUT2D eigenvalue weighted by Crippen LogP contribution is 2.13. The van der Waals surface area contributed by atoms with Gasteiger partial charge < -0.3 is 9.73 Å². The molecule has 1 atom stereocenters. The van der Waals surface area contributed by atoms with Gasteiger partial charge >= 0.3 is 0 Å². The molecule has 16 heavy (non-hydrogen) atoms. The SMILES string of the molecule is CC(NCc1ncccc1F)c1ccco1. The fourth-order valence-electron chi connectivity index (χ4n) is 1.44. The van der Waals surface area contributed by atoms with Crippen molar-refractivity contribution in [3.05, 3.63) is 54.0 Å². The van der Waals surface area contributed by atoms with Crippen molar-refractivity contribution in [3.63, 3.8) is 0 Å². The zero-order valence-electron chi connectivity index (χ0n) is 8.98. The second-order valence-corrected chi connectivity index (χ2v) is 3.55. The van der Waals surface area contributed by atoms with Crippen LogP contribution in [0, 0.1) is 5.82 Å². The maximum atomic E-state index is 13.3. The summed E-state index contributed by atoms with van der Waals surface area (Å²) in [6, 6.07) is 6.73. The minimum Gasteiger partial charge on any atom is -0.468 e. The van der Waals surface area contributed by atoms with E-state index in [2.05, 4.69) is 10.3 Å². The maximum Gasteiger partial charge on any atom is 0.146 e. The third kappa shape index (κ3) is 2.46. The number of hydrogen-bond donors (Lipinski definition) is 1. The van der Waals surface area contributed by atoms with Crippen LogP contribution in [0.3, 0.4) is 0 Å². The molecule has 0 aliphatic rings. The van der Waals surface area contributed by atoms with Crippen molar-refractivity contribution in [2.45, 2.75) is 19.5 Å². The largest absolute Gasteiger partial charge is 0.468 e. The Morgan fingerprint density at radius 3 is 3.00 bits per heavy atom. The van der Waals surface area contributed by atoms with Gasteiger partial charge in [0.25, 0.3) is 0 Å². The third-order valence-corrected chi connectivity index (χ3v) is 2.38. The van der Waals surface area contributed by atoms with E-state index in [1.165, 1.54) is 6.07 Å². The van der Waals surface area contributed by atoms with Crippen molar-refractivity contribution in [2.75, 3.05) is 0 Å². The molecular formula is C12H13FN2O. The lowest BCUT2D eigenvalue weighted by atomic mass is 10.2. The molecule has 3 nitrogen and oxygen atoms in total. The van der Waals surface area contributed by atoms with E-state index in [1.54, 1.807) is 18.5 Å².